The lowest BCUT2D eigenvalue weighted by Crippen LogP contribution is -2.51. The minimum absolute atomic E-state index is 0.0513. The van der Waals surface area contributed by atoms with E-state index in [1.165, 1.54) is 24.7 Å². The zero-order valence-corrected chi connectivity index (χ0v) is 19.5. The van der Waals surface area contributed by atoms with Crippen LogP contribution in [0.5, 0.6) is 0 Å². The Hall–Kier alpha value is -1.62. The Balaban J connectivity index is 2.15. The summed E-state index contributed by atoms with van der Waals surface area (Å²) in [5.41, 5.74) is 2.96. The molecule has 170 valence electrons. The average Bonchev–Trinajstić information content (AvgIpc) is 2.72. The van der Waals surface area contributed by atoms with Crippen molar-refractivity contribution in [3.8, 4) is 0 Å². The number of fused-ring (bicyclic) bond motifs is 1. The zero-order valence-electron chi connectivity index (χ0n) is 19.5. The molecule has 0 aromatic heterocycles. The predicted octanol–water partition coefficient (Wildman–Crippen LogP) is 4.98. The third-order valence-corrected chi connectivity index (χ3v) is 8.02. The van der Waals surface area contributed by atoms with E-state index in [0.29, 0.717) is 18.4 Å². The largest absolute Gasteiger partial charge is 0.469 e. The standard InChI is InChI=1S/C25H40O5/c1-18(13-16-26)11-14-25(4)20(17-30-23(28)10-9-22(27)29-5)12-15-24(3)19(2)7-6-8-21(24)25/h7,13,20-21,26H,6,8-12,14-17H2,1-5H3. The number of aliphatic hydroxyl groups is 1. The Morgan fingerprint density at radius 1 is 1.20 bits per heavy atom. The van der Waals surface area contributed by atoms with Crippen molar-refractivity contribution < 1.29 is 24.2 Å². The van der Waals surface area contributed by atoms with Gasteiger partial charge in [0.15, 0.2) is 0 Å². The first kappa shape index (κ1) is 24.6. The lowest BCUT2D eigenvalue weighted by molar-refractivity contribution is -0.154. The number of ether oxygens (including phenoxy) is 2. The molecule has 0 radical (unpaired) electrons. The Bertz CT molecular complexity index is 679. The Morgan fingerprint density at radius 3 is 2.57 bits per heavy atom. The summed E-state index contributed by atoms with van der Waals surface area (Å²) in [6, 6.07) is 0. The van der Waals surface area contributed by atoms with Gasteiger partial charge in [-0.2, -0.15) is 0 Å². The lowest BCUT2D eigenvalue weighted by Gasteiger charge is -2.58. The highest BCUT2D eigenvalue weighted by Crippen LogP contribution is 2.62. The number of methoxy groups -OCH3 is 1. The molecule has 0 saturated heterocycles. The number of rotatable bonds is 9. The molecule has 4 atom stereocenters. The molecule has 5 nitrogen and oxygen atoms in total. The monoisotopic (exact) mass is 420 g/mol. The van der Waals surface area contributed by atoms with E-state index in [1.807, 2.05) is 6.08 Å². The number of hydrogen-bond acceptors (Lipinski definition) is 5. The third kappa shape index (κ3) is 5.54. The third-order valence-electron chi connectivity index (χ3n) is 8.02. The zero-order chi connectivity index (χ0) is 22.4. The van der Waals surface area contributed by atoms with Crippen molar-refractivity contribution in [2.45, 2.75) is 79.1 Å². The first-order valence-electron chi connectivity index (χ1n) is 11.3. The van der Waals surface area contributed by atoms with Crippen LogP contribution >= 0.6 is 0 Å². The molecule has 2 aliphatic carbocycles. The van der Waals surface area contributed by atoms with Gasteiger partial charge < -0.3 is 14.6 Å². The fourth-order valence-electron chi connectivity index (χ4n) is 5.76. The van der Waals surface area contributed by atoms with Crippen LogP contribution in [0, 0.1) is 22.7 Å². The van der Waals surface area contributed by atoms with E-state index in [9.17, 15) is 14.7 Å². The van der Waals surface area contributed by atoms with E-state index in [1.54, 1.807) is 0 Å². The summed E-state index contributed by atoms with van der Waals surface area (Å²) in [6.07, 6.45) is 10.8. The molecule has 0 aromatic carbocycles. The summed E-state index contributed by atoms with van der Waals surface area (Å²) >= 11 is 0. The highest BCUT2D eigenvalue weighted by molar-refractivity contribution is 5.77. The molecule has 0 heterocycles. The van der Waals surface area contributed by atoms with Crippen molar-refractivity contribution >= 4 is 11.9 Å². The number of hydrogen-bond donors (Lipinski definition) is 1. The molecular weight excluding hydrogens is 380 g/mol. The second-order valence-electron chi connectivity index (χ2n) is 9.67. The minimum Gasteiger partial charge on any atom is -0.469 e. The molecule has 5 heteroatoms. The Morgan fingerprint density at radius 2 is 1.90 bits per heavy atom. The van der Waals surface area contributed by atoms with Gasteiger partial charge in [-0.1, -0.05) is 37.1 Å². The van der Waals surface area contributed by atoms with Crippen LogP contribution in [0.2, 0.25) is 0 Å². The second kappa shape index (κ2) is 10.6. The fraction of sp³-hybridized carbons (Fsp3) is 0.760. The molecular formula is C25H40O5. The Labute approximate surface area is 181 Å². The minimum atomic E-state index is -0.388. The van der Waals surface area contributed by atoms with E-state index in [4.69, 9.17) is 4.74 Å². The molecule has 1 fully saturated rings. The van der Waals surface area contributed by atoms with Crippen LogP contribution in [0.3, 0.4) is 0 Å². The van der Waals surface area contributed by atoms with Gasteiger partial charge in [0.2, 0.25) is 0 Å². The van der Waals surface area contributed by atoms with Gasteiger partial charge >= 0.3 is 11.9 Å². The van der Waals surface area contributed by atoms with Gasteiger partial charge in [-0.3, -0.25) is 9.59 Å². The van der Waals surface area contributed by atoms with E-state index in [-0.39, 0.29) is 42.2 Å². The highest BCUT2D eigenvalue weighted by Gasteiger charge is 2.54. The van der Waals surface area contributed by atoms with Gasteiger partial charge in [-0.15, -0.1) is 0 Å². The van der Waals surface area contributed by atoms with Crippen molar-refractivity contribution in [2.24, 2.45) is 22.7 Å². The summed E-state index contributed by atoms with van der Waals surface area (Å²) < 4.78 is 10.3. The van der Waals surface area contributed by atoms with Crippen LogP contribution in [0.25, 0.3) is 0 Å². The average molecular weight is 421 g/mol. The molecule has 0 aromatic rings. The van der Waals surface area contributed by atoms with Gasteiger partial charge in [0.05, 0.1) is 33.2 Å². The molecule has 0 spiro atoms. The van der Waals surface area contributed by atoms with E-state index in [2.05, 4.69) is 38.5 Å². The molecule has 0 bridgehead atoms. The van der Waals surface area contributed by atoms with Crippen LogP contribution in [-0.2, 0) is 19.1 Å². The van der Waals surface area contributed by atoms with Gasteiger partial charge in [-0.25, -0.2) is 0 Å². The molecule has 1 saturated carbocycles. The van der Waals surface area contributed by atoms with Gasteiger partial charge in [-0.05, 0) is 75.0 Å². The van der Waals surface area contributed by atoms with Gasteiger partial charge in [0.1, 0.15) is 0 Å². The summed E-state index contributed by atoms with van der Waals surface area (Å²) in [7, 11) is 1.33. The van der Waals surface area contributed by atoms with Gasteiger partial charge in [0, 0.05) is 0 Å². The normalized spacial score (nSPS) is 31.5. The number of carbonyl (C=O) groups excluding carboxylic acids is 2. The molecule has 1 N–H and O–H groups in total. The predicted molar refractivity (Wildman–Crippen MR) is 118 cm³/mol. The van der Waals surface area contributed by atoms with Crippen LogP contribution in [0.1, 0.15) is 79.1 Å². The Kier molecular flexibility index (Phi) is 8.72. The van der Waals surface area contributed by atoms with E-state index >= 15 is 0 Å². The topological polar surface area (TPSA) is 72.8 Å². The van der Waals surface area contributed by atoms with Crippen molar-refractivity contribution in [3.05, 3.63) is 23.3 Å². The molecule has 0 amide bonds. The fourth-order valence-corrected chi connectivity index (χ4v) is 5.76. The van der Waals surface area contributed by atoms with Crippen LogP contribution < -0.4 is 0 Å². The maximum atomic E-state index is 12.2. The number of carbonyl (C=O) groups is 2. The van der Waals surface area contributed by atoms with Crippen LogP contribution in [0.15, 0.2) is 23.3 Å². The second-order valence-corrected chi connectivity index (χ2v) is 9.67. The van der Waals surface area contributed by atoms with Crippen molar-refractivity contribution in [1.29, 1.82) is 0 Å². The van der Waals surface area contributed by atoms with Crippen LogP contribution in [0.4, 0.5) is 0 Å². The van der Waals surface area contributed by atoms with E-state index < -0.39 is 0 Å². The van der Waals surface area contributed by atoms with E-state index in [0.717, 1.165) is 32.1 Å². The molecule has 2 rings (SSSR count). The molecule has 4 unspecified atom stereocenters. The number of aliphatic hydroxyl groups excluding tert-OH is 1. The SMILES string of the molecule is COC(=O)CCC(=O)OCC1CCC2(C)C(C)=CCCC2C1(C)CCC(C)=CCO. The number of allylic oxidation sites excluding steroid dienone is 3. The quantitative estimate of drug-likeness (QED) is 0.421. The first-order chi connectivity index (χ1) is 14.2. The molecule has 2 aliphatic rings. The maximum absolute atomic E-state index is 12.2. The smallest absolute Gasteiger partial charge is 0.306 e. The first-order valence-corrected chi connectivity index (χ1v) is 11.3. The number of esters is 2. The maximum Gasteiger partial charge on any atom is 0.306 e. The summed E-state index contributed by atoms with van der Waals surface area (Å²) in [4.78, 5) is 23.5. The molecule has 30 heavy (non-hydrogen) atoms. The van der Waals surface area contributed by atoms with Gasteiger partial charge in [0.25, 0.3) is 0 Å². The van der Waals surface area contributed by atoms with Crippen LogP contribution in [-0.4, -0.2) is 37.4 Å². The summed E-state index contributed by atoms with van der Waals surface area (Å²) in [6.45, 7) is 9.64. The van der Waals surface area contributed by atoms with Crippen molar-refractivity contribution in [2.75, 3.05) is 20.3 Å². The highest BCUT2D eigenvalue weighted by atomic mass is 16.5. The van der Waals surface area contributed by atoms with Crippen molar-refractivity contribution in [3.63, 3.8) is 0 Å². The van der Waals surface area contributed by atoms with Crippen molar-refractivity contribution in [1.82, 2.24) is 0 Å². The summed E-state index contributed by atoms with van der Waals surface area (Å²) in [5.74, 6) is 0.128. The molecule has 0 aliphatic heterocycles. The summed E-state index contributed by atoms with van der Waals surface area (Å²) in [5, 5.41) is 9.23. The lowest BCUT2D eigenvalue weighted by atomic mass is 9.46.